The van der Waals surface area contributed by atoms with Gasteiger partial charge in [0.05, 0.1) is 0 Å². The first-order chi connectivity index (χ1) is 17.3. The summed E-state index contributed by atoms with van der Waals surface area (Å²) in [7, 11) is 0. The monoisotopic (exact) mass is 492 g/mol. The van der Waals surface area contributed by atoms with Crippen LogP contribution in [0.1, 0.15) is 51.5 Å². The predicted octanol–water partition coefficient (Wildman–Crippen LogP) is 4.29. The number of nitrogens with zero attached hydrogens (tertiary/aromatic N) is 5. The molecule has 1 aromatic heterocycles. The zero-order valence-electron chi connectivity index (χ0n) is 21.0. The number of nitrogens with one attached hydrogen (secondary N) is 1. The minimum Gasteiger partial charge on any atom is -0.352 e. The van der Waals surface area contributed by atoms with E-state index in [-0.39, 0.29) is 24.4 Å². The summed E-state index contributed by atoms with van der Waals surface area (Å²) in [6.45, 7) is 5.75. The van der Waals surface area contributed by atoms with Gasteiger partial charge in [-0.25, -0.2) is 4.39 Å². The van der Waals surface area contributed by atoms with Crippen LogP contribution in [0.5, 0.6) is 0 Å². The average molecular weight is 493 g/mol. The fourth-order valence-electron chi connectivity index (χ4n) is 4.59. The highest BCUT2D eigenvalue weighted by Crippen LogP contribution is 2.25. The topological polar surface area (TPSA) is 93.0 Å². The third-order valence-electron chi connectivity index (χ3n) is 6.40. The Morgan fingerprint density at radius 1 is 1.14 bits per heavy atom. The van der Waals surface area contributed by atoms with Gasteiger partial charge in [-0.05, 0) is 55.5 Å². The van der Waals surface area contributed by atoms with E-state index in [1.807, 2.05) is 45.0 Å². The van der Waals surface area contributed by atoms with Crippen LogP contribution in [0, 0.1) is 18.7 Å². The molecule has 2 aromatic carbocycles. The highest BCUT2D eigenvalue weighted by Gasteiger charge is 2.34. The Balaban J connectivity index is 1.62. The van der Waals surface area contributed by atoms with Gasteiger partial charge in [0.15, 0.2) is 0 Å². The highest BCUT2D eigenvalue weighted by molar-refractivity contribution is 6.00. The van der Waals surface area contributed by atoms with Crippen molar-refractivity contribution in [1.82, 2.24) is 25.5 Å². The number of aryl methyl sites for hydroxylation is 1. The molecule has 190 valence electrons. The molecule has 1 saturated carbocycles. The van der Waals surface area contributed by atoms with Crippen LogP contribution < -0.4 is 10.2 Å². The van der Waals surface area contributed by atoms with Crippen LogP contribution in [0.2, 0.25) is 0 Å². The van der Waals surface area contributed by atoms with E-state index in [1.165, 1.54) is 27.9 Å². The van der Waals surface area contributed by atoms with E-state index in [0.717, 1.165) is 36.8 Å². The van der Waals surface area contributed by atoms with Crippen LogP contribution >= 0.6 is 0 Å². The second-order valence-corrected chi connectivity index (χ2v) is 9.89. The number of hydrogen-bond acceptors (Lipinski definition) is 5. The molecular weight excluding hydrogens is 459 g/mol. The molecule has 0 spiro atoms. The zero-order chi connectivity index (χ0) is 25.7. The van der Waals surface area contributed by atoms with Crippen molar-refractivity contribution in [3.8, 4) is 11.4 Å². The van der Waals surface area contributed by atoms with Gasteiger partial charge >= 0.3 is 0 Å². The lowest BCUT2D eigenvalue weighted by Gasteiger charge is -2.33. The molecule has 9 heteroatoms. The fraction of sp³-hybridized carbons (Fsp3) is 0.444. The first-order valence-electron chi connectivity index (χ1n) is 12.5. The molecule has 1 N–H and O–H groups in total. The van der Waals surface area contributed by atoms with Crippen molar-refractivity contribution in [1.29, 1.82) is 0 Å². The largest absolute Gasteiger partial charge is 0.352 e. The third-order valence-corrected chi connectivity index (χ3v) is 6.40. The first-order valence-corrected chi connectivity index (χ1v) is 12.5. The summed E-state index contributed by atoms with van der Waals surface area (Å²) in [5.74, 6) is -0.588. The van der Waals surface area contributed by atoms with E-state index in [2.05, 4.69) is 20.7 Å². The summed E-state index contributed by atoms with van der Waals surface area (Å²) in [5.41, 5.74) is 2.22. The molecule has 8 nitrogen and oxygen atoms in total. The van der Waals surface area contributed by atoms with Crippen LogP contribution in [0.4, 0.5) is 10.1 Å². The molecule has 3 aromatic rings. The van der Waals surface area contributed by atoms with E-state index in [0.29, 0.717) is 17.9 Å². The molecule has 1 atom stereocenters. The maximum absolute atomic E-state index is 14.2. The average Bonchev–Trinajstić information content (AvgIpc) is 3.51. The number of benzene rings is 2. The molecule has 0 aliphatic heterocycles. The Morgan fingerprint density at radius 2 is 1.86 bits per heavy atom. The second-order valence-electron chi connectivity index (χ2n) is 9.89. The van der Waals surface area contributed by atoms with Gasteiger partial charge in [0.1, 0.15) is 18.4 Å². The summed E-state index contributed by atoms with van der Waals surface area (Å²) < 4.78 is 14.2. The fourth-order valence-corrected chi connectivity index (χ4v) is 4.59. The van der Waals surface area contributed by atoms with E-state index in [9.17, 15) is 14.0 Å². The Kier molecular flexibility index (Phi) is 8.07. The summed E-state index contributed by atoms with van der Waals surface area (Å²) in [6.07, 6.45) is 4.44. The lowest BCUT2D eigenvalue weighted by atomic mass is 10.00. The van der Waals surface area contributed by atoms with Crippen molar-refractivity contribution in [3.05, 3.63) is 59.9 Å². The Labute approximate surface area is 210 Å². The molecule has 0 saturated heterocycles. The van der Waals surface area contributed by atoms with Crippen molar-refractivity contribution < 1.29 is 14.0 Å². The summed E-state index contributed by atoms with van der Waals surface area (Å²) in [4.78, 5) is 29.7. The maximum atomic E-state index is 14.2. The highest BCUT2D eigenvalue weighted by atomic mass is 19.1. The third kappa shape index (κ3) is 6.33. The van der Waals surface area contributed by atoms with Gasteiger partial charge in [0.2, 0.25) is 11.7 Å². The summed E-state index contributed by atoms with van der Waals surface area (Å²) in [5, 5.41) is 15.6. The van der Waals surface area contributed by atoms with Crippen molar-refractivity contribution in [2.24, 2.45) is 5.92 Å². The number of tetrazole rings is 1. The zero-order valence-corrected chi connectivity index (χ0v) is 21.0. The number of aromatic nitrogens is 4. The van der Waals surface area contributed by atoms with E-state index < -0.39 is 17.8 Å². The van der Waals surface area contributed by atoms with Crippen LogP contribution in [-0.4, -0.2) is 44.1 Å². The standard InChI is InChI=1S/C27H33FN6O2/c1-18(2)15-24(27(36)29-22-8-4-5-9-22)34(23-10-6-7-21(28)16-23)25(35)17-33-31-26(30-32-33)20-13-11-19(3)12-14-20/h6-7,10-14,16,18,22,24H,4-5,8-9,15,17H2,1-3H3,(H,29,36)/t24-/m0/s1. The van der Waals surface area contributed by atoms with Gasteiger partial charge in [-0.15, -0.1) is 10.2 Å². The molecule has 1 fully saturated rings. The van der Waals surface area contributed by atoms with Crippen molar-refractivity contribution in [2.45, 2.75) is 71.5 Å². The van der Waals surface area contributed by atoms with Gasteiger partial charge in [-0.3, -0.25) is 14.5 Å². The van der Waals surface area contributed by atoms with Gasteiger partial charge in [-0.2, -0.15) is 4.80 Å². The van der Waals surface area contributed by atoms with Gasteiger partial charge < -0.3 is 5.32 Å². The molecule has 0 radical (unpaired) electrons. The molecule has 36 heavy (non-hydrogen) atoms. The maximum Gasteiger partial charge on any atom is 0.251 e. The molecule has 1 aliphatic carbocycles. The number of amides is 2. The number of rotatable bonds is 9. The number of hydrogen-bond donors (Lipinski definition) is 1. The molecule has 2 amide bonds. The number of carbonyl (C=O) groups excluding carboxylic acids is 2. The smallest absolute Gasteiger partial charge is 0.251 e. The molecule has 0 bridgehead atoms. The first kappa shape index (κ1) is 25.5. The van der Waals surface area contributed by atoms with Crippen LogP contribution in [0.15, 0.2) is 48.5 Å². The van der Waals surface area contributed by atoms with Gasteiger partial charge in [0.25, 0.3) is 5.91 Å². The number of carbonyl (C=O) groups is 2. The van der Waals surface area contributed by atoms with Crippen molar-refractivity contribution in [2.75, 3.05) is 4.90 Å². The lowest BCUT2D eigenvalue weighted by Crippen LogP contribution is -2.53. The molecule has 1 aliphatic rings. The van der Waals surface area contributed by atoms with Gasteiger partial charge in [0, 0.05) is 17.3 Å². The number of halogens is 1. The molecule has 4 rings (SSSR count). The van der Waals surface area contributed by atoms with Gasteiger partial charge in [-0.1, -0.05) is 62.6 Å². The lowest BCUT2D eigenvalue weighted by molar-refractivity contribution is -0.127. The Hall–Kier alpha value is -3.62. The van der Waals surface area contributed by atoms with Crippen LogP contribution in [0.3, 0.4) is 0 Å². The minimum absolute atomic E-state index is 0.102. The van der Waals surface area contributed by atoms with E-state index in [4.69, 9.17) is 0 Å². The van der Waals surface area contributed by atoms with E-state index >= 15 is 0 Å². The quantitative estimate of drug-likeness (QED) is 0.481. The second kappa shape index (κ2) is 11.4. The molecule has 1 heterocycles. The summed E-state index contributed by atoms with van der Waals surface area (Å²) in [6, 6.07) is 12.8. The minimum atomic E-state index is -0.792. The SMILES string of the molecule is Cc1ccc(-c2nnn(CC(=O)N(c3cccc(F)c3)[C@@H](CC(C)C)C(=O)NC3CCCC3)n2)cc1. The Morgan fingerprint density at radius 3 is 2.53 bits per heavy atom. The van der Waals surface area contributed by atoms with Crippen molar-refractivity contribution >= 4 is 17.5 Å². The molecule has 0 unspecified atom stereocenters. The molecular formula is C27H33FN6O2. The number of anilines is 1. The van der Waals surface area contributed by atoms with E-state index in [1.54, 1.807) is 6.07 Å². The summed E-state index contributed by atoms with van der Waals surface area (Å²) >= 11 is 0. The van der Waals surface area contributed by atoms with Crippen molar-refractivity contribution in [3.63, 3.8) is 0 Å². The van der Waals surface area contributed by atoms with Crippen LogP contribution in [-0.2, 0) is 16.1 Å². The normalized spacial score (nSPS) is 14.7. The Bertz CT molecular complexity index is 1190. The predicted molar refractivity (Wildman–Crippen MR) is 136 cm³/mol. The van der Waals surface area contributed by atoms with Crippen LogP contribution in [0.25, 0.3) is 11.4 Å².